The van der Waals surface area contributed by atoms with Crippen LogP contribution in [0.15, 0.2) is 23.3 Å². The Balaban J connectivity index is 2.63. The van der Waals surface area contributed by atoms with Gasteiger partial charge >= 0.3 is 11.7 Å². The lowest BCUT2D eigenvalue weighted by Gasteiger charge is -2.13. The molecule has 0 aliphatic rings. The molecule has 1 amide bonds. The summed E-state index contributed by atoms with van der Waals surface area (Å²) in [6.45, 7) is -0.675. The molecule has 1 rings (SSSR count). The minimum absolute atomic E-state index is 0.0942. The second kappa shape index (κ2) is 6.50. The SMILES string of the molecule is O=C(Cn1cccnc1=O)N[C@@H](CCO)C(=O)O. The normalized spacial score (nSPS) is 11.8. The summed E-state index contributed by atoms with van der Waals surface area (Å²) >= 11 is 0. The number of carboxylic acids is 1. The lowest BCUT2D eigenvalue weighted by atomic mass is 10.2. The zero-order chi connectivity index (χ0) is 13.5. The minimum atomic E-state index is -1.24. The van der Waals surface area contributed by atoms with E-state index in [1.165, 1.54) is 18.5 Å². The van der Waals surface area contributed by atoms with E-state index in [1.807, 2.05) is 0 Å². The number of aliphatic carboxylic acids is 1. The van der Waals surface area contributed by atoms with Gasteiger partial charge in [0.25, 0.3) is 0 Å². The zero-order valence-corrected chi connectivity index (χ0v) is 9.44. The van der Waals surface area contributed by atoms with Gasteiger partial charge in [0.15, 0.2) is 0 Å². The third-order valence-electron chi connectivity index (χ3n) is 2.15. The predicted octanol–water partition coefficient (Wildman–Crippen LogP) is -1.80. The number of carboxylic acid groups (broad SMARTS) is 1. The first-order chi connectivity index (χ1) is 8.54. The van der Waals surface area contributed by atoms with Crippen LogP contribution in [-0.2, 0) is 16.1 Å². The molecule has 0 saturated heterocycles. The monoisotopic (exact) mass is 255 g/mol. The van der Waals surface area contributed by atoms with Gasteiger partial charge in [-0.2, -0.15) is 0 Å². The zero-order valence-electron chi connectivity index (χ0n) is 9.44. The topological polar surface area (TPSA) is 122 Å². The fraction of sp³-hybridized carbons (Fsp3) is 0.400. The number of aromatic nitrogens is 2. The van der Waals surface area contributed by atoms with Crippen LogP contribution in [0.2, 0.25) is 0 Å². The van der Waals surface area contributed by atoms with E-state index >= 15 is 0 Å². The third-order valence-corrected chi connectivity index (χ3v) is 2.15. The first kappa shape index (κ1) is 13.8. The van der Waals surface area contributed by atoms with Crippen molar-refractivity contribution in [1.82, 2.24) is 14.9 Å². The van der Waals surface area contributed by atoms with Crippen molar-refractivity contribution in [3.05, 3.63) is 28.9 Å². The van der Waals surface area contributed by atoms with Crippen LogP contribution in [0, 0.1) is 0 Å². The van der Waals surface area contributed by atoms with Gasteiger partial charge in [0.05, 0.1) is 0 Å². The van der Waals surface area contributed by atoms with Crippen LogP contribution in [0.5, 0.6) is 0 Å². The van der Waals surface area contributed by atoms with Gasteiger partial charge in [-0.1, -0.05) is 0 Å². The van der Waals surface area contributed by atoms with Gasteiger partial charge in [0.1, 0.15) is 12.6 Å². The van der Waals surface area contributed by atoms with Crippen LogP contribution in [0.25, 0.3) is 0 Å². The number of nitrogens with one attached hydrogen (secondary N) is 1. The van der Waals surface area contributed by atoms with E-state index in [9.17, 15) is 14.4 Å². The van der Waals surface area contributed by atoms with E-state index in [2.05, 4.69) is 10.3 Å². The van der Waals surface area contributed by atoms with Crippen molar-refractivity contribution in [2.75, 3.05) is 6.61 Å². The van der Waals surface area contributed by atoms with Crippen molar-refractivity contribution in [3.8, 4) is 0 Å². The van der Waals surface area contributed by atoms with Gasteiger partial charge in [-0.25, -0.2) is 14.6 Å². The number of rotatable bonds is 6. The fourth-order valence-electron chi connectivity index (χ4n) is 1.29. The Morgan fingerprint density at radius 2 is 2.22 bits per heavy atom. The molecule has 0 fully saturated rings. The standard InChI is InChI=1S/C10H13N3O5/c14-5-2-7(9(16)17)12-8(15)6-13-4-1-3-11-10(13)18/h1,3-4,7,14H,2,5-6H2,(H,12,15)(H,16,17)/t7-/m0/s1. The highest BCUT2D eigenvalue weighted by Gasteiger charge is 2.19. The molecule has 98 valence electrons. The molecule has 0 spiro atoms. The maximum atomic E-state index is 11.5. The number of carbonyl (C=O) groups is 2. The molecule has 3 N–H and O–H groups in total. The first-order valence-electron chi connectivity index (χ1n) is 5.19. The van der Waals surface area contributed by atoms with Crippen molar-refractivity contribution < 1.29 is 19.8 Å². The van der Waals surface area contributed by atoms with Crippen LogP contribution >= 0.6 is 0 Å². The summed E-state index contributed by atoms with van der Waals surface area (Å²) in [5.74, 6) is -1.87. The van der Waals surface area contributed by atoms with Gasteiger partial charge in [-0.3, -0.25) is 9.36 Å². The summed E-state index contributed by atoms with van der Waals surface area (Å²) in [4.78, 5) is 36.9. The average molecular weight is 255 g/mol. The van der Waals surface area contributed by atoms with Gasteiger partial charge in [0, 0.05) is 25.4 Å². The Labute approximate surface area is 102 Å². The summed E-state index contributed by atoms with van der Waals surface area (Å²) in [5, 5.41) is 19.6. The molecule has 0 saturated carbocycles. The molecular formula is C10H13N3O5. The summed E-state index contributed by atoms with van der Waals surface area (Å²) in [6, 6.07) is 0.312. The highest BCUT2D eigenvalue weighted by atomic mass is 16.4. The molecule has 1 aromatic heterocycles. The number of aliphatic hydroxyl groups excluding tert-OH is 1. The van der Waals surface area contributed by atoms with E-state index in [0.717, 1.165) is 4.57 Å². The van der Waals surface area contributed by atoms with Gasteiger partial charge < -0.3 is 15.5 Å². The number of hydrogen-bond donors (Lipinski definition) is 3. The average Bonchev–Trinajstić information content (AvgIpc) is 2.31. The molecule has 8 nitrogen and oxygen atoms in total. The Bertz CT molecular complexity index is 484. The molecule has 0 unspecified atom stereocenters. The minimum Gasteiger partial charge on any atom is -0.480 e. The van der Waals surface area contributed by atoms with E-state index < -0.39 is 23.6 Å². The lowest BCUT2D eigenvalue weighted by Crippen LogP contribution is -2.43. The van der Waals surface area contributed by atoms with E-state index in [-0.39, 0.29) is 19.6 Å². The maximum Gasteiger partial charge on any atom is 0.347 e. The highest BCUT2D eigenvalue weighted by Crippen LogP contribution is 1.92. The van der Waals surface area contributed by atoms with Crippen LogP contribution in [-0.4, -0.2) is 44.3 Å². The van der Waals surface area contributed by atoms with Crippen LogP contribution in [0.4, 0.5) is 0 Å². The highest BCUT2D eigenvalue weighted by molar-refractivity contribution is 5.83. The Hall–Kier alpha value is -2.22. The van der Waals surface area contributed by atoms with Gasteiger partial charge in [-0.05, 0) is 6.07 Å². The molecule has 0 aromatic carbocycles. The molecule has 18 heavy (non-hydrogen) atoms. The van der Waals surface area contributed by atoms with Gasteiger partial charge in [-0.15, -0.1) is 0 Å². The Morgan fingerprint density at radius 1 is 1.50 bits per heavy atom. The van der Waals surface area contributed by atoms with E-state index in [1.54, 1.807) is 0 Å². The summed E-state index contributed by atoms with van der Waals surface area (Å²) < 4.78 is 1.05. The number of nitrogens with zero attached hydrogens (tertiary/aromatic N) is 2. The molecule has 0 bridgehead atoms. The van der Waals surface area contributed by atoms with Crippen LogP contribution in [0.1, 0.15) is 6.42 Å². The number of amides is 1. The molecule has 1 heterocycles. The van der Waals surface area contributed by atoms with Crippen LogP contribution in [0.3, 0.4) is 0 Å². The smallest absolute Gasteiger partial charge is 0.347 e. The molecule has 1 aromatic rings. The molecule has 1 atom stereocenters. The molecule has 0 aliphatic carbocycles. The summed E-state index contributed by atoms with van der Waals surface area (Å²) in [7, 11) is 0. The Kier molecular flexibility index (Phi) is 5.00. The molecule has 0 radical (unpaired) electrons. The first-order valence-corrected chi connectivity index (χ1v) is 5.19. The van der Waals surface area contributed by atoms with Crippen molar-refractivity contribution in [2.24, 2.45) is 0 Å². The van der Waals surface area contributed by atoms with Gasteiger partial charge in [0.2, 0.25) is 5.91 Å². The largest absolute Gasteiger partial charge is 0.480 e. The molecule has 0 aliphatic heterocycles. The second-order valence-corrected chi connectivity index (χ2v) is 3.50. The van der Waals surface area contributed by atoms with Crippen LogP contribution < -0.4 is 11.0 Å². The number of hydrogen-bond acceptors (Lipinski definition) is 5. The lowest BCUT2D eigenvalue weighted by molar-refractivity contribution is -0.142. The summed E-state index contributed by atoms with van der Waals surface area (Å²) in [5.41, 5.74) is -0.596. The Morgan fingerprint density at radius 3 is 2.78 bits per heavy atom. The van der Waals surface area contributed by atoms with E-state index in [4.69, 9.17) is 10.2 Å². The number of carbonyl (C=O) groups excluding carboxylic acids is 1. The fourth-order valence-corrected chi connectivity index (χ4v) is 1.29. The quantitative estimate of drug-likeness (QED) is 0.551. The van der Waals surface area contributed by atoms with Crippen molar-refractivity contribution >= 4 is 11.9 Å². The predicted molar refractivity (Wildman–Crippen MR) is 59.8 cm³/mol. The maximum absolute atomic E-state index is 11.5. The van der Waals surface area contributed by atoms with Crippen molar-refractivity contribution in [3.63, 3.8) is 0 Å². The third kappa shape index (κ3) is 3.98. The number of aliphatic hydroxyl groups is 1. The second-order valence-electron chi connectivity index (χ2n) is 3.50. The van der Waals surface area contributed by atoms with E-state index in [0.29, 0.717) is 0 Å². The van der Waals surface area contributed by atoms with Crippen molar-refractivity contribution in [1.29, 1.82) is 0 Å². The molecular weight excluding hydrogens is 242 g/mol. The van der Waals surface area contributed by atoms with Crippen molar-refractivity contribution in [2.45, 2.75) is 19.0 Å². The summed E-state index contributed by atoms with van der Waals surface area (Å²) in [6.07, 6.45) is 2.57. The molecule has 8 heteroatoms.